The first-order valence-electron chi connectivity index (χ1n) is 9.75. The fraction of sp³-hybridized carbons (Fsp3) is 0.650. The van der Waals surface area contributed by atoms with Crippen molar-refractivity contribution >= 4 is 5.96 Å². The van der Waals surface area contributed by atoms with Gasteiger partial charge in [0, 0.05) is 26.2 Å². The van der Waals surface area contributed by atoms with Gasteiger partial charge in [0.05, 0.1) is 32.5 Å². The van der Waals surface area contributed by atoms with Gasteiger partial charge in [0.1, 0.15) is 6.10 Å². The van der Waals surface area contributed by atoms with Crippen LogP contribution in [0.5, 0.6) is 0 Å². The van der Waals surface area contributed by atoms with Crippen molar-refractivity contribution in [2.24, 2.45) is 4.99 Å². The van der Waals surface area contributed by atoms with Gasteiger partial charge in [-0.2, -0.15) is 0 Å². The number of aliphatic imine (C=N–C) groups is 1. The molecule has 0 bridgehead atoms. The summed E-state index contributed by atoms with van der Waals surface area (Å²) in [6.45, 7) is 8.12. The molecule has 0 radical (unpaired) electrons. The van der Waals surface area contributed by atoms with E-state index in [0.717, 1.165) is 51.6 Å². The maximum absolute atomic E-state index is 5.94. The lowest BCUT2D eigenvalue weighted by Crippen LogP contribution is -2.53. The van der Waals surface area contributed by atoms with Crippen molar-refractivity contribution in [3.8, 4) is 0 Å². The number of guanidine groups is 1. The summed E-state index contributed by atoms with van der Waals surface area (Å²) < 4.78 is 17.5. The van der Waals surface area contributed by atoms with Gasteiger partial charge in [-0.15, -0.1) is 0 Å². The molecule has 26 heavy (non-hydrogen) atoms. The summed E-state index contributed by atoms with van der Waals surface area (Å²) in [7, 11) is 0. The van der Waals surface area contributed by atoms with E-state index in [4.69, 9.17) is 19.2 Å². The maximum atomic E-state index is 5.94. The number of benzene rings is 1. The van der Waals surface area contributed by atoms with Gasteiger partial charge in [0.2, 0.25) is 0 Å². The fourth-order valence-electron chi connectivity index (χ4n) is 3.39. The summed E-state index contributed by atoms with van der Waals surface area (Å²) in [6, 6.07) is 10.2. The lowest BCUT2D eigenvalue weighted by molar-refractivity contribution is -0.0817. The zero-order chi connectivity index (χ0) is 18.0. The summed E-state index contributed by atoms with van der Waals surface area (Å²) in [4.78, 5) is 7.03. The second-order valence-electron chi connectivity index (χ2n) is 6.68. The summed E-state index contributed by atoms with van der Waals surface area (Å²) in [6.07, 6.45) is 2.61. The smallest absolute Gasteiger partial charge is 0.194 e. The minimum Gasteiger partial charge on any atom is -0.375 e. The molecule has 0 aromatic heterocycles. The van der Waals surface area contributed by atoms with E-state index < -0.39 is 0 Å². The summed E-state index contributed by atoms with van der Waals surface area (Å²) >= 11 is 0. The Morgan fingerprint density at radius 3 is 2.85 bits per heavy atom. The van der Waals surface area contributed by atoms with Crippen LogP contribution in [0, 0.1) is 0 Å². The molecule has 144 valence electrons. The van der Waals surface area contributed by atoms with Gasteiger partial charge in [-0.3, -0.25) is 4.99 Å². The minimum absolute atomic E-state index is 0.143. The zero-order valence-electron chi connectivity index (χ0n) is 15.7. The van der Waals surface area contributed by atoms with Gasteiger partial charge in [-0.1, -0.05) is 30.3 Å². The Morgan fingerprint density at radius 1 is 1.23 bits per heavy atom. The first-order valence-corrected chi connectivity index (χ1v) is 9.75. The van der Waals surface area contributed by atoms with E-state index in [0.29, 0.717) is 19.8 Å². The van der Waals surface area contributed by atoms with Gasteiger partial charge in [-0.05, 0) is 25.3 Å². The average molecular weight is 361 g/mol. The molecule has 0 amide bonds. The van der Waals surface area contributed by atoms with Crippen LogP contribution >= 0.6 is 0 Å². The van der Waals surface area contributed by atoms with Crippen LogP contribution in [0.3, 0.4) is 0 Å². The van der Waals surface area contributed by atoms with E-state index in [2.05, 4.69) is 29.3 Å². The van der Waals surface area contributed by atoms with E-state index in [1.54, 1.807) is 0 Å². The monoisotopic (exact) mass is 361 g/mol. The van der Waals surface area contributed by atoms with Crippen molar-refractivity contribution in [1.29, 1.82) is 0 Å². The topological polar surface area (TPSA) is 55.3 Å². The van der Waals surface area contributed by atoms with E-state index in [1.807, 2.05) is 18.2 Å². The highest BCUT2D eigenvalue weighted by atomic mass is 16.5. The summed E-state index contributed by atoms with van der Waals surface area (Å²) in [5.41, 5.74) is 1.19. The highest BCUT2D eigenvalue weighted by molar-refractivity contribution is 5.80. The molecule has 3 rings (SSSR count). The molecule has 1 N–H and O–H groups in total. The van der Waals surface area contributed by atoms with Crippen LogP contribution < -0.4 is 5.32 Å². The van der Waals surface area contributed by atoms with Crippen LogP contribution in [0.1, 0.15) is 25.3 Å². The molecule has 0 spiro atoms. The van der Waals surface area contributed by atoms with Crippen LogP contribution in [0.4, 0.5) is 0 Å². The number of nitrogens with one attached hydrogen (secondary N) is 1. The van der Waals surface area contributed by atoms with Crippen LogP contribution in [0.15, 0.2) is 35.3 Å². The van der Waals surface area contributed by atoms with Gasteiger partial charge >= 0.3 is 0 Å². The molecule has 2 aliphatic heterocycles. The Labute approximate surface area is 156 Å². The van der Waals surface area contributed by atoms with E-state index in [9.17, 15) is 0 Å². The van der Waals surface area contributed by atoms with Crippen LogP contribution in [0.25, 0.3) is 0 Å². The zero-order valence-corrected chi connectivity index (χ0v) is 15.7. The second-order valence-corrected chi connectivity index (χ2v) is 6.68. The highest BCUT2D eigenvalue weighted by Gasteiger charge is 2.32. The standard InChI is InChI=1S/C20H31N3O3/c1-2-21-20(22-10-13-24-16-17-7-4-3-5-8-17)23-11-14-26-19(15-23)18-9-6-12-25-18/h3-5,7-8,18-19H,2,6,9-16H2,1H3,(H,21,22). The molecule has 2 saturated heterocycles. The number of nitrogens with zero attached hydrogens (tertiary/aromatic N) is 2. The molecule has 2 fully saturated rings. The van der Waals surface area contributed by atoms with Gasteiger partial charge in [0.15, 0.2) is 5.96 Å². The number of ether oxygens (including phenoxy) is 3. The first-order chi connectivity index (χ1) is 12.9. The molecule has 1 aromatic carbocycles. The lowest BCUT2D eigenvalue weighted by atomic mass is 10.1. The quantitative estimate of drug-likeness (QED) is 0.458. The van der Waals surface area contributed by atoms with E-state index >= 15 is 0 Å². The first kappa shape index (κ1) is 19.1. The second kappa shape index (κ2) is 10.5. The average Bonchev–Trinajstić information content (AvgIpc) is 3.23. The third-order valence-electron chi connectivity index (χ3n) is 4.72. The number of hydrogen-bond acceptors (Lipinski definition) is 4. The van der Waals surface area contributed by atoms with Gasteiger partial charge in [0.25, 0.3) is 0 Å². The Morgan fingerprint density at radius 2 is 2.08 bits per heavy atom. The van der Waals surface area contributed by atoms with Crippen molar-refractivity contribution in [3.63, 3.8) is 0 Å². The van der Waals surface area contributed by atoms with Gasteiger partial charge < -0.3 is 24.4 Å². The number of morpholine rings is 1. The molecule has 0 aliphatic carbocycles. The lowest BCUT2D eigenvalue weighted by Gasteiger charge is -2.37. The highest BCUT2D eigenvalue weighted by Crippen LogP contribution is 2.21. The molecule has 6 heteroatoms. The molecule has 2 aliphatic rings. The predicted octanol–water partition coefficient (Wildman–Crippen LogP) is 2.05. The third-order valence-corrected chi connectivity index (χ3v) is 4.72. The van der Waals surface area contributed by atoms with Crippen molar-refractivity contribution in [2.45, 2.75) is 38.6 Å². The molecular formula is C20H31N3O3. The fourth-order valence-corrected chi connectivity index (χ4v) is 3.39. The molecule has 2 heterocycles. The Hall–Kier alpha value is -1.63. The summed E-state index contributed by atoms with van der Waals surface area (Å²) in [5, 5.41) is 3.40. The summed E-state index contributed by atoms with van der Waals surface area (Å²) in [5.74, 6) is 0.946. The maximum Gasteiger partial charge on any atom is 0.194 e. The van der Waals surface area contributed by atoms with Crippen LogP contribution in [-0.4, -0.2) is 69.1 Å². The third kappa shape index (κ3) is 5.69. The van der Waals surface area contributed by atoms with E-state index in [-0.39, 0.29) is 12.2 Å². The van der Waals surface area contributed by atoms with Gasteiger partial charge in [-0.25, -0.2) is 0 Å². The normalized spacial score (nSPS) is 24.0. The Kier molecular flexibility index (Phi) is 7.73. The molecule has 2 unspecified atom stereocenters. The molecule has 2 atom stereocenters. The largest absolute Gasteiger partial charge is 0.375 e. The molecular weight excluding hydrogens is 330 g/mol. The number of rotatable bonds is 7. The molecule has 1 aromatic rings. The molecule has 0 saturated carbocycles. The van der Waals surface area contributed by atoms with E-state index in [1.165, 1.54) is 5.56 Å². The SMILES string of the molecule is CCNC(=NCCOCc1ccccc1)N1CCOC(C2CCCO2)C1. The van der Waals surface area contributed by atoms with Crippen molar-refractivity contribution in [2.75, 3.05) is 46.0 Å². The van der Waals surface area contributed by atoms with Crippen LogP contribution in [0.2, 0.25) is 0 Å². The molecule has 6 nitrogen and oxygen atoms in total. The Balaban J connectivity index is 1.46. The predicted molar refractivity (Wildman–Crippen MR) is 102 cm³/mol. The van der Waals surface area contributed by atoms with Crippen molar-refractivity contribution in [1.82, 2.24) is 10.2 Å². The van der Waals surface area contributed by atoms with Crippen LogP contribution in [-0.2, 0) is 20.8 Å². The number of hydrogen-bond donors (Lipinski definition) is 1. The Bertz CT molecular complexity index is 546. The van der Waals surface area contributed by atoms with Crippen molar-refractivity contribution < 1.29 is 14.2 Å². The minimum atomic E-state index is 0.143. The van der Waals surface area contributed by atoms with Crippen molar-refractivity contribution in [3.05, 3.63) is 35.9 Å².